The second-order valence-corrected chi connectivity index (χ2v) is 7.40. The number of thioether (sulfide) groups is 1. The maximum atomic E-state index is 12.4. The molecule has 2 rings (SSSR count). The Hall–Kier alpha value is -1.00. The number of carbonyl (C=O) groups is 1. The molecule has 4 heteroatoms. The van der Waals surface area contributed by atoms with Gasteiger partial charge in [0.1, 0.15) is 0 Å². The monoisotopic (exact) mass is 293 g/mol. The quantitative estimate of drug-likeness (QED) is 0.877. The van der Waals surface area contributed by atoms with Crippen molar-refractivity contribution in [1.29, 1.82) is 0 Å². The van der Waals surface area contributed by atoms with Crippen LogP contribution < -0.4 is 5.32 Å². The van der Waals surface area contributed by atoms with Gasteiger partial charge in [0.05, 0.1) is 12.0 Å². The number of aliphatic hydroxyl groups excluding tert-OH is 1. The number of rotatable bonds is 5. The van der Waals surface area contributed by atoms with Crippen LogP contribution in [0.4, 0.5) is 0 Å². The molecular formula is C16H23NO2S. The number of hydrogen-bond acceptors (Lipinski definition) is 3. The third-order valence-electron chi connectivity index (χ3n) is 3.61. The standard InChI is InChI=1S/C16H23NO2S/c1-11(18)8-16(2,3)10-17-15(19)13-9-20-14-7-5-4-6-12(13)14/h4-7,11,13,18H,8-10H2,1-3H3,(H,17,19). The largest absolute Gasteiger partial charge is 0.393 e. The van der Waals surface area contributed by atoms with E-state index in [1.807, 2.05) is 18.2 Å². The predicted molar refractivity (Wildman–Crippen MR) is 83.0 cm³/mol. The van der Waals surface area contributed by atoms with E-state index in [9.17, 15) is 9.90 Å². The van der Waals surface area contributed by atoms with E-state index in [1.165, 1.54) is 4.90 Å². The molecule has 1 aliphatic rings. The molecule has 2 atom stereocenters. The van der Waals surface area contributed by atoms with Crippen molar-refractivity contribution in [3.63, 3.8) is 0 Å². The summed E-state index contributed by atoms with van der Waals surface area (Å²) in [4.78, 5) is 13.6. The summed E-state index contributed by atoms with van der Waals surface area (Å²) >= 11 is 1.75. The van der Waals surface area contributed by atoms with Gasteiger partial charge in [0, 0.05) is 17.2 Å². The van der Waals surface area contributed by atoms with Crippen molar-refractivity contribution in [2.45, 2.75) is 44.1 Å². The van der Waals surface area contributed by atoms with Crippen LogP contribution in [0.5, 0.6) is 0 Å². The van der Waals surface area contributed by atoms with Crippen molar-refractivity contribution in [3.05, 3.63) is 29.8 Å². The lowest BCUT2D eigenvalue weighted by Crippen LogP contribution is -2.38. The number of nitrogens with one attached hydrogen (secondary N) is 1. The minimum absolute atomic E-state index is 0.0430. The molecule has 0 spiro atoms. The molecule has 1 amide bonds. The molecule has 0 fully saturated rings. The van der Waals surface area contributed by atoms with E-state index in [4.69, 9.17) is 0 Å². The van der Waals surface area contributed by atoms with Gasteiger partial charge in [-0.1, -0.05) is 32.0 Å². The molecule has 110 valence electrons. The first-order valence-corrected chi connectivity index (χ1v) is 8.05. The Morgan fingerprint density at radius 2 is 2.20 bits per heavy atom. The Labute approximate surface area is 125 Å². The van der Waals surface area contributed by atoms with Gasteiger partial charge in [0.15, 0.2) is 0 Å². The highest BCUT2D eigenvalue weighted by Gasteiger charge is 2.30. The lowest BCUT2D eigenvalue weighted by Gasteiger charge is -2.27. The van der Waals surface area contributed by atoms with Crippen LogP contribution in [-0.4, -0.2) is 29.4 Å². The maximum absolute atomic E-state index is 12.4. The molecule has 1 heterocycles. The molecule has 2 N–H and O–H groups in total. The van der Waals surface area contributed by atoms with Gasteiger partial charge in [-0.15, -0.1) is 11.8 Å². The summed E-state index contributed by atoms with van der Waals surface area (Å²) in [6, 6.07) is 8.12. The number of benzene rings is 1. The van der Waals surface area contributed by atoms with Crippen LogP contribution in [0, 0.1) is 5.41 Å². The van der Waals surface area contributed by atoms with Crippen molar-refractivity contribution < 1.29 is 9.90 Å². The Kier molecular flexibility index (Phi) is 4.76. The predicted octanol–water partition coefficient (Wildman–Crippen LogP) is 2.79. The molecule has 1 aromatic carbocycles. The molecule has 0 radical (unpaired) electrons. The third-order valence-corrected chi connectivity index (χ3v) is 4.79. The van der Waals surface area contributed by atoms with Gasteiger partial charge in [-0.2, -0.15) is 0 Å². The fourth-order valence-electron chi connectivity index (χ4n) is 2.70. The fourth-order valence-corrected chi connectivity index (χ4v) is 3.93. The van der Waals surface area contributed by atoms with Crippen LogP contribution >= 0.6 is 11.8 Å². The highest BCUT2D eigenvalue weighted by Crippen LogP contribution is 2.39. The average molecular weight is 293 g/mol. The summed E-state index contributed by atoms with van der Waals surface area (Å²) in [7, 11) is 0. The summed E-state index contributed by atoms with van der Waals surface area (Å²) in [6.45, 7) is 6.52. The molecule has 0 saturated heterocycles. The average Bonchev–Trinajstić information content (AvgIpc) is 2.78. The number of fused-ring (bicyclic) bond motifs is 1. The minimum Gasteiger partial charge on any atom is -0.393 e. The lowest BCUT2D eigenvalue weighted by molar-refractivity contribution is -0.122. The number of carbonyl (C=O) groups excluding carboxylic acids is 1. The van der Waals surface area contributed by atoms with Crippen molar-refractivity contribution in [1.82, 2.24) is 5.32 Å². The number of hydrogen-bond donors (Lipinski definition) is 2. The van der Waals surface area contributed by atoms with Crippen molar-refractivity contribution in [3.8, 4) is 0 Å². The number of aliphatic hydroxyl groups is 1. The molecule has 0 saturated carbocycles. The highest BCUT2D eigenvalue weighted by molar-refractivity contribution is 7.99. The van der Waals surface area contributed by atoms with Crippen LogP contribution in [0.25, 0.3) is 0 Å². The summed E-state index contributed by atoms with van der Waals surface area (Å²) in [5, 5.41) is 12.5. The first kappa shape index (κ1) is 15.4. The molecule has 0 aliphatic carbocycles. The lowest BCUT2D eigenvalue weighted by atomic mass is 9.86. The van der Waals surface area contributed by atoms with Crippen LogP contribution in [0.2, 0.25) is 0 Å². The van der Waals surface area contributed by atoms with E-state index in [0.717, 1.165) is 11.3 Å². The van der Waals surface area contributed by atoms with Gasteiger partial charge in [0.25, 0.3) is 0 Å². The van der Waals surface area contributed by atoms with Gasteiger partial charge in [0.2, 0.25) is 5.91 Å². The Morgan fingerprint density at radius 1 is 1.50 bits per heavy atom. The first-order valence-electron chi connectivity index (χ1n) is 7.06. The molecular weight excluding hydrogens is 270 g/mol. The van der Waals surface area contributed by atoms with Crippen molar-refractivity contribution >= 4 is 17.7 Å². The summed E-state index contributed by atoms with van der Waals surface area (Å²) in [6.07, 6.45) is 0.341. The first-order chi connectivity index (χ1) is 9.39. The molecule has 1 aliphatic heterocycles. The van der Waals surface area contributed by atoms with Crippen molar-refractivity contribution in [2.24, 2.45) is 5.41 Å². The van der Waals surface area contributed by atoms with E-state index in [2.05, 4.69) is 25.2 Å². The third kappa shape index (κ3) is 3.76. The van der Waals surface area contributed by atoms with Gasteiger partial charge in [-0.3, -0.25) is 4.79 Å². The molecule has 0 bridgehead atoms. The van der Waals surface area contributed by atoms with E-state index in [0.29, 0.717) is 13.0 Å². The van der Waals surface area contributed by atoms with E-state index in [-0.39, 0.29) is 23.3 Å². The van der Waals surface area contributed by atoms with Crippen LogP contribution in [0.15, 0.2) is 29.2 Å². The van der Waals surface area contributed by atoms with Crippen LogP contribution in [0.3, 0.4) is 0 Å². The van der Waals surface area contributed by atoms with Gasteiger partial charge >= 0.3 is 0 Å². The highest BCUT2D eigenvalue weighted by atomic mass is 32.2. The summed E-state index contributed by atoms with van der Waals surface area (Å²) in [5.74, 6) is 0.877. The topological polar surface area (TPSA) is 49.3 Å². The smallest absolute Gasteiger partial charge is 0.228 e. The zero-order chi connectivity index (χ0) is 14.8. The SMILES string of the molecule is CC(O)CC(C)(C)CNC(=O)C1CSc2ccccc21. The fraction of sp³-hybridized carbons (Fsp3) is 0.562. The molecule has 3 nitrogen and oxygen atoms in total. The number of amides is 1. The zero-order valence-corrected chi connectivity index (χ0v) is 13.2. The summed E-state index contributed by atoms with van der Waals surface area (Å²) in [5.41, 5.74) is 1.05. The Bertz CT molecular complexity index is 485. The van der Waals surface area contributed by atoms with Crippen LogP contribution in [-0.2, 0) is 4.79 Å². The van der Waals surface area contributed by atoms with Crippen molar-refractivity contribution in [2.75, 3.05) is 12.3 Å². The zero-order valence-electron chi connectivity index (χ0n) is 12.3. The molecule has 1 aromatic rings. The van der Waals surface area contributed by atoms with E-state index in [1.54, 1.807) is 18.7 Å². The second kappa shape index (κ2) is 6.19. The van der Waals surface area contributed by atoms with Gasteiger partial charge < -0.3 is 10.4 Å². The van der Waals surface area contributed by atoms with Gasteiger partial charge in [-0.05, 0) is 30.4 Å². The second-order valence-electron chi connectivity index (χ2n) is 6.34. The molecule has 0 aromatic heterocycles. The van der Waals surface area contributed by atoms with Crippen LogP contribution in [0.1, 0.15) is 38.7 Å². The normalized spacial score (nSPS) is 19.5. The van der Waals surface area contributed by atoms with E-state index >= 15 is 0 Å². The van der Waals surface area contributed by atoms with Gasteiger partial charge in [-0.25, -0.2) is 0 Å². The Morgan fingerprint density at radius 3 is 2.90 bits per heavy atom. The maximum Gasteiger partial charge on any atom is 0.228 e. The van der Waals surface area contributed by atoms with E-state index < -0.39 is 0 Å². The molecule has 20 heavy (non-hydrogen) atoms. The Balaban J connectivity index is 1.94. The summed E-state index contributed by atoms with van der Waals surface area (Å²) < 4.78 is 0. The molecule has 2 unspecified atom stereocenters. The minimum atomic E-state index is -0.343.